The number of carbonyl (C=O) groups excluding carboxylic acids is 1. The summed E-state index contributed by atoms with van der Waals surface area (Å²) in [5.41, 5.74) is 0.662. The lowest BCUT2D eigenvalue weighted by molar-refractivity contribution is -0.140. The van der Waals surface area contributed by atoms with E-state index in [0.717, 1.165) is 0 Å². The summed E-state index contributed by atoms with van der Waals surface area (Å²) in [4.78, 5) is 25.0. The van der Waals surface area contributed by atoms with Gasteiger partial charge in [-0.15, -0.1) is 0 Å². The third-order valence-electron chi connectivity index (χ3n) is 4.07. The zero-order valence-corrected chi connectivity index (χ0v) is 11.6. The smallest absolute Gasteiger partial charge is 0.307 e. The third kappa shape index (κ3) is 2.14. The highest BCUT2D eigenvalue weighted by Crippen LogP contribution is 2.59. The van der Waals surface area contributed by atoms with E-state index in [1.165, 1.54) is 4.90 Å². The van der Waals surface area contributed by atoms with Crippen molar-refractivity contribution in [3.05, 3.63) is 29.8 Å². The molecule has 5 nitrogen and oxygen atoms in total. The van der Waals surface area contributed by atoms with Crippen molar-refractivity contribution in [2.75, 3.05) is 11.9 Å². The quantitative estimate of drug-likeness (QED) is 0.910. The van der Waals surface area contributed by atoms with E-state index < -0.39 is 23.2 Å². The van der Waals surface area contributed by atoms with Gasteiger partial charge in [-0.2, -0.15) is 5.26 Å². The molecule has 2 atom stereocenters. The Balaban J connectivity index is 2.18. The number of aliphatic carboxylic acids is 1. The highest BCUT2D eigenvalue weighted by atomic mass is 16.4. The minimum absolute atomic E-state index is 0.202. The zero-order chi connectivity index (χ0) is 15.1. The minimum Gasteiger partial charge on any atom is -0.481 e. The van der Waals surface area contributed by atoms with E-state index in [1.807, 2.05) is 6.07 Å². The fourth-order valence-corrected chi connectivity index (χ4v) is 2.65. The van der Waals surface area contributed by atoms with Crippen LogP contribution in [0.15, 0.2) is 24.3 Å². The molecule has 0 heterocycles. The van der Waals surface area contributed by atoms with Gasteiger partial charge in [0.1, 0.15) is 0 Å². The molecular formula is C15H16N2O3. The number of carboxylic acids is 1. The molecule has 1 aromatic carbocycles. The van der Waals surface area contributed by atoms with Gasteiger partial charge in [0.2, 0.25) is 5.91 Å². The fourth-order valence-electron chi connectivity index (χ4n) is 2.65. The van der Waals surface area contributed by atoms with Crippen molar-refractivity contribution in [1.82, 2.24) is 0 Å². The van der Waals surface area contributed by atoms with Gasteiger partial charge in [0.15, 0.2) is 0 Å². The first-order chi connectivity index (χ1) is 9.30. The number of amides is 1. The van der Waals surface area contributed by atoms with Gasteiger partial charge in [0, 0.05) is 12.7 Å². The van der Waals surface area contributed by atoms with Crippen molar-refractivity contribution >= 4 is 17.6 Å². The lowest BCUT2D eigenvalue weighted by Crippen LogP contribution is -2.29. The molecule has 104 valence electrons. The van der Waals surface area contributed by atoms with E-state index in [9.17, 15) is 9.59 Å². The summed E-state index contributed by atoms with van der Waals surface area (Å²) in [6, 6.07) is 8.64. The van der Waals surface area contributed by atoms with Gasteiger partial charge >= 0.3 is 5.97 Å². The highest BCUT2D eigenvalue weighted by molar-refractivity contribution is 6.01. The lowest BCUT2D eigenvalue weighted by Gasteiger charge is -2.18. The van der Waals surface area contributed by atoms with Crippen molar-refractivity contribution in [3.8, 4) is 6.07 Å². The van der Waals surface area contributed by atoms with E-state index in [2.05, 4.69) is 0 Å². The number of benzene rings is 1. The van der Waals surface area contributed by atoms with Gasteiger partial charge in [0.05, 0.1) is 23.5 Å². The number of nitrogens with zero attached hydrogens (tertiary/aromatic N) is 2. The fraction of sp³-hybridized carbons (Fsp3) is 0.400. The minimum atomic E-state index is -0.929. The van der Waals surface area contributed by atoms with E-state index in [-0.39, 0.29) is 5.91 Å². The molecule has 5 heteroatoms. The van der Waals surface area contributed by atoms with Crippen molar-refractivity contribution < 1.29 is 14.7 Å². The van der Waals surface area contributed by atoms with Gasteiger partial charge in [-0.25, -0.2) is 0 Å². The maximum atomic E-state index is 12.4. The largest absolute Gasteiger partial charge is 0.481 e. The second-order valence-electron chi connectivity index (χ2n) is 5.67. The molecule has 1 amide bonds. The van der Waals surface area contributed by atoms with E-state index >= 15 is 0 Å². The second kappa shape index (κ2) is 4.64. The maximum absolute atomic E-state index is 12.4. The van der Waals surface area contributed by atoms with E-state index in [0.29, 0.717) is 11.3 Å². The Morgan fingerprint density at radius 1 is 1.25 bits per heavy atom. The first kappa shape index (κ1) is 14.1. The number of carbonyl (C=O) groups is 2. The zero-order valence-electron chi connectivity index (χ0n) is 11.6. The molecule has 0 radical (unpaired) electrons. The topological polar surface area (TPSA) is 81.4 Å². The van der Waals surface area contributed by atoms with Crippen molar-refractivity contribution in [1.29, 1.82) is 5.26 Å². The van der Waals surface area contributed by atoms with E-state index in [4.69, 9.17) is 10.4 Å². The Kier molecular flexibility index (Phi) is 3.26. The SMILES string of the molecule is CN(C(=O)[C@H]1[C@@H](C(=O)O)C1(C)C)c1ccc(C#N)cc1. The molecule has 2 rings (SSSR count). The number of carboxylic acid groups (broad SMARTS) is 1. The van der Waals surface area contributed by atoms with Gasteiger partial charge in [-0.05, 0) is 29.7 Å². The predicted molar refractivity (Wildman–Crippen MR) is 73.0 cm³/mol. The highest BCUT2D eigenvalue weighted by Gasteiger charge is 2.66. The Bertz CT molecular complexity index is 599. The summed E-state index contributed by atoms with van der Waals surface area (Å²) in [5, 5.41) is 17.9. The first-order valence-electron chi connectivity index (χ1n) is 6.31. The Morgan fingerprint density at radius 2 is 1.80 bits per heavy atom. The molecule has 0 saturated heterocycles. The maximum Gasteiger partial charge on any atom is 0.307 e. The molecular weight excluding hydrogens is 256 g/mol. The molecule has 0 aromatic heterocycles. The first-order valence-corrected chi connectivity index (χ1v) is 6.31. The average Bonchev–Trinajstić information content (AvgIpc) is 3.00. The van der Waals surface area contributed by atoms with Crippen LogP contribution >= 0.6 is 0 Å². The summed E-state index contributed by atoms with van der Waals surface area (Å²) in [5.74, 6) is -2.26. The van der Waals surface area contributed by atoms with Crippen LogP contribution in [0.25, 0.3) is 0 Å². The lowest BCUT2D eigenvalue weighted by atomic mass is 10.1. The average molecular weight is 272 g/mol. The Morgan fingerprint density at radius 3 is 2.20 bits per heavy atom. The molecule has 1 fully saturated rings. The standard InChI is InChI=1S/C15H16N2O3/c1-15(2)11(12(15)14(19)20)13(18)17(3)10-6-4-9(8-16)5-7-10/h4-7,11-12H,1-3H3,(H,19,20)/t11-,12+/m1/s1. The van der Waals surface area contributed by atoms with Crippen molar-refractivity contribution in [3.63, 3.8) is 0 Å². The van der Waals surface area contributed by atoms with Crippen molar-refractivity contribution in [2.45, 2.75) is 13.8 Å². The number of hydrogen-bond acceptors (Lipinski definition) is 3. The molecule has 1 aromatic rings. The number of anilines is 1. The summed E-state index contributed by atoms with van der Waals surface area (Å²) in [7, 11) is 1.62. The van der Waals surface area contributed by atoms with Crippen LogP contribution in [0.3, 0.4) is 0 Å². The number of hydrogen-bond donors (Lipinski definition) is 1. The van der Waals surface area contributed by atoms with Crippen molar-refractivity contribution in [2.24, 2.45) is 17.3 Å². The summed E-state index contributed by atoms with van der Waals surface area (Å²) < 4.78 is 0. The van der Waals surface area contributed by atoms with Crippen LogP contribution in [0.5, 0.6) is 0 Å². The second-order valence-corrected chi connectivity index (χ2v) is 5.67. The van der Waals surface area contributed by atoms with Gasteiger partial charge < -0.3 is 10.0 Å². The van der Waals surface area contributed by atoms with Crippen LogP contribution in [0.2, 0.25) is 0 Å². The molecule has 1 saturated carbocycles. The van der Waals surface area contributed by atoms with Crippen LogP contribution in [-0.4, -0.2) is 24.0 Å². The van der Waals surface area contributed by atoms with Gasteiger partial charge in [-0.1, -0.05) is 13.8 Å². The van der Waals surface area contributed by atoms with Crippen LogP contribution in [-0.2, 0) is 9.59 Å². The number of rotatable bonds is 3. The Hall–Kier alpha value is -2.35. The molecule has 0 bridgehead atoms. The van der Waals surface area contributed by atoms with Crippen LogP contribution < -0.4 is 4.90 Å². The molecule has 1 aliphatic rings. The van der Waals surface area contributed by atoms with Gasteiger partial charge in [-0.3, -0.25) is 9.59 Å². The van der Waals surface area contributed by atoms with Crippen LogP contribution in [0.1, 0.15) is 19.4 Å². The molecule has 1 aliphatic carbocycles. The van der Waals surface area contributed by atoms with Crippen LogP contribution in [0, 0.1) is 28.6 Å². The van der Waals surface area contributed by atoms with Gasteiger partial charge in [0.25, 0.3) is 0 Å². The third-order valence-corrected chi connectivity index (χ3v) is 4.07. The normalized spacial score (nSPS) is 22.7. The molecule has 0 aliphatic heterocycles. The van der Waals surface area contributed by atoms with Crippen LogP contribution in [0.4, 0.5) is 5.69 Å². The Labute approximate surface area is 117 Å². The number of nitriles is 1. The molecule has 1 N–H and O–H groups in total. The molecule has 20 heavy (non-hydrogen) atoms. The summed E-state index contributed by atoms with van der Waals surface area (Å²) >= 11 is 0. The monoisotopic (exact) mass is 272 g/mol. The molecule has 0 unspecified atom stereocenters. The van der Waals surface area contributed by atoms with E-state index in [1.54, 1.807) is 45.2 Å². The summed E-state index contributed by atoms with van der Waals surface area (Å²) in [6.45, 7) is 3.59. The molecule has 0 spiro atoms. The predicted octanol–water partition coefficient (Wildman–Crippen LogP) is 1.88. The summed E-state index contributed by atoms with van der Waals surface area (Å²) in [6.07, 6.45) is 0.